The summed E-state index contributed by atoms with van der Waals surface area (Å²) in [6.07, 6.45) is 7.22. The van der Waals surface area contributed by atoms with E-state index >= 15 is 0 Å². The minimum atomic E-state index is -6.00. The van der Waals surface area contributed by atoms with Gasteiger partial charge in [0.25, 0.3) is 0 Å². The normalized spacial score (nSPS) is 39.5. The Kier molecular flexibility index (Phi) is 3.96. The summed E-state index contributed by atoms with van der Waals surface area (Å²) in [4.78, 5) is 0. The second-order valence-electron chi connectivity index (χ2n) is 5.91. The highest BCUT2D eigenvalue weighted by molar-refractivity contribution is 6.50. The van der Waals surface area contributed by atoms with Crippen molar-refractivity contribution in [3.8, 4) is 0 Å². The van der Waals surface area contributed by atoms with Crippen molar-refractivity contribution in [3.63, 3.8) is 0 Å². The number of nitrogens with two attached hydrogens (primary N) is 2. The largest absolute Gasteiger partial charge is 0.673 e. The van der Waals surface area contributed by atoms with E-state index in [4.69, 9.17) is 15.9 Å². The van der Waals surface area contributed by atoms with Gasteiger partial charge in [-0.3, -0.25) is 11.1 Å². The zero-order valence-corrected chi connectivity index (χ0v) is 10.6. The van der Waals surface area contributed by atoms with E-state index in [1.165, 1.54) is 32.1 Å². The van der Waals surface area contributed by atoms with Gasteiger partial charge in [0.05, 0.1) is 0 Å². The summed E-state index contributed by atoms with van der Waals surface area (Å²) >= 11 is 0. The monoisotopic (exact) mass is 282 g/mol. The molecule has 0 aromatic rings. The molecule has 3 nitrogen and oxygen atoms in total. The molecule has 19 heavy (non-hydrogen) atoms. The maximum atomic E-state index is 9.75. The van der Waals surface area contributed by atoms with E-state index in [-0.39, 0.29) is 6.02 Å². The lowest BCUT2D eigenvalue weighted by atomic mass is 9.55. The number of hydrogen-bond acceptors (Lipinski definition) is 1. The van der Waals surface area contributed by atoms with Crippen LogP contribution in [0.25, 0.3) is 0 Å². The van der Waals surface area contributed by atoms with Gasteiger partial charge < -0.3 is 22.0 Å². The standard InChI is InChI=1S/C11H18N2O.BF4/c12-11(13)14-10-8-2-6-1-7(4-8)5-9(10)3-6;2-1(3,4)5/h6-10H,1-5H2,(H3,12,13);/q;-1/p+1. The van der Waals surface area contributed by atoms with Crippen molar-refractivity contribution in [3.05, 3.63) is 0 Å². The van der Waals surface area contributed by atoms with Crippen molar-refractivity contribution in [2.75, 3.05) is 0 Å². The van der Waals surface area contributed by atoms with Gasteiger partial charge in [-0.25, -0.2) is 0 Å². The molecule has 0 aromatic heterocycles. The lowest BCUT2D eigenvalue weighted by molar-refractivity contribution is -0.169. The van der Waals surface area contributed by atoms with Gasteiger partial charge in [-0.15, -0.1) is 0 Å². The minimum absolute atomic E-state index is 0.169. The smallest absolute Gasteiger partial charge is 0.428 e. The number of hydrogen-bond donors (Lipinski definition) is 2. The predicted molar refractivity (Wildman–Crippen MR) is 63.2 cm³/mol. The molecule has 4 N–H and O–H groups in total. The molecule has 0 aromatic carbocycles. The Balaban J connectivity index is 0.000000232. The molecule has 4 saturated carbocycles. The van der Waals surface area contributed by atoms with Crippen LogP contribution in [0.3, 0.4) is 0 Å². The molecule has 4 aliphatic carbocycles. The van der Waals surface area contributed by atoms with E-state index in [0.717, 1.165) is 23.7 Å². The highest BCUT2D eigenvalue weighted by Crippen LogP contribution is 2.54. The van der Waals surface area contributed by atoms with Gasteiger partial charge >= 0.3 is 13.3 Å². The minimum Gasteiger partial charge on any atom is -0.428 e. The summed E-state index contributed by atoms with van der Waals surface area (Å²) in [5.41, 5.74) is 5.44. The lowest BCUT2D eigenvalue weighted by Crippen LogP contribution is -2.55. The van der Waals surface area contributed by atoms with Crippen molar-refractivity contribution in [1.82, 2.24) is 0 Å². The molecule has 0 aliphatic heterocycles. The van der Waals surface area contributed by atoms with Crippen LogP contribution in [0.1, 0.15) is 32.1 Å². The zero-order chi connectivity index (χ0) is 14.2. The highest BCUT2D eigenvalue weighted by Gasteiger charge is 2.49. The van der Waals surface area contributed by atoms with Crippen molar-refractivity contribution in [1.29, 1.82) is 0 Å². The van der Waals surface area contributed by atoms with Crippen LogP contribution in [0, 0.1) is 23.7 Å². The fourth-order valence-corrected chi connectivity index (χ4v) is 4.22. The molecule has 0 saturated heterocycles. The Labute approximate surface area is 109 Å². The Morgan fingerprint density at radius 1 is 0.947 bits per heavy atom. The number of halogens is 4. The molecule has 0 atom stereocenters. The Morgan fingerprint density at radius 2 is 1.32 bits per heavy atom. The Bertz CT molecular complexity index is 316. The maximum absolute atomic E-state index is 9.75. The van der Waals surface area contributed by atoms with Crippen LogP contribution in [0.2, 0.25) is 0 Å². The molecule has 8 heteroatoms. The van der Waals surface area contributed by atoms with Crippen LogP contribution in [-0.2, 0) is 4.74 Å². The van der Waals surface area contributed by atoms with Gasteiger partial charge in [0.15, 0.2) is 0 Å². The van der Waals surface area contributed by atoms with Crippen LogP contribution < -0.4 is 11.1 Å². The van der Waals surface area contributed by atoms with Gasteiger partial charge in [-0.2, -0.15) is 0 Å². The average molecular weight is 282 g/mol. The lowest BCUT2D eigenvalue weighted by Gasteiger charge is -2.53. The number of amidine groups is 1. The molecular weight excluding hydrogens is 263 g/mol. The van der Waals surface area contributed by atoms with E-state index in [1.54, 1.807) is 0 Å². The summed E-state index contributed by atoms with van der Waals surface area (Å²) in [6.45, 7) is 0. The first-order chi connectivity index (χ1) is 8.72. The quantitative estimate of drug-likeness (QED) is 0.328. The van der Waals surface area contributed by atoms with Gasteiger partial charge in [0.2, 0.25) is 0 Å². The maximum Gasteiger partial charge on any atom is 0.673 e. The van der Waals surface area contributed by atoms with Gasteiger partial charge in [-0.05, 0) is 55.8 Å². The topological polar surface area (TPSA) is 60.8 Å². The molecule has 0 spiro atoms. The van der Waals surface area contributed by atoms with E-state index in [0.29, 0.717) is 6.10 Å². The molecule has 4 bridgehead atoms. The van der Waals surface area contributed by atoms with Crippen molar-refractivity contribution in [2.24, 2.45) is 29.4 Å². The van der Waals surface area contributed by atoms with Crippen LogP contribution >= 0.6 is 0 Å². The van der Waals surface area contributed by atoms with E-state index in [9.17, 15) is 17.3 Å². The molecule has 4 fully saturated rings. The summed E-state index contributed by atoms with van der Waals surface area (Å²) in [5.74, 6) is 3.45. The highest BCUT2D eigenvalue weighted by atomic mass is 19.5. The molecule has 4 aliphatic rings. The second-order valence-corrected chi connectivity index (χ2v) is 5.91. The second kappa shape index (κ2) is 5.21. The SMILES string of the molecule is F[B-](F)(F)F.NC(=[NH2+])OC1C2CC3CC(C2)CC1C3. The molecule has 4 rings (SSSR count). The summed E-state index contributed by atoms with van der Waals surface area (Å²) in [5, 5.41) is 5.44. The molecule has 110 valence electrons. The number of ether oxygens (including phenoxy) is 1. The van der Waals surface area contributed by atoms with Gasteiger partial charge in [-0.1, -0.05) is 0 Å². The van der Waals surface area contributed by atoms with Crippen LogP contribution in [0.4, 0.5) is 17.3 Å². The van der Waals surface area contributed by atoms with Crippen molar-refractivity contribution in [2.45, 2.75) is 38.2 Å². The summed E-state index contributed by atoms with van der Waals surface area (Å²) in [6, 6.07) is 0.169. The number of rotatable bonds is 1. The van der Waals surface area contributed by atoms with Gasteiger partial charge in [0.1, 0.15) is 6.10 Å². The average Bonchev–Trinajstić information content (AvgIpc) is 2.19. The Hall–Kier alpha value is -0.945. The molecule has 0 unspecified atom stereocenters. The van der Waals surface area contributed by atoms with E-state index in [1.807, 2.05) is 0 Å². The third-order valence-corrected chi connectivity index (χ3v) is 4.41. The Morgan fingerprint density at radius 3 is 1.63 bits per heavy atom. The third-order valence-electron chi connectivity index (χ3n) is 4.41. The van der Waals surface area contributed by atoms with Crippen molar-refractivity contribution >= 4 is 13.3 Å². The van der Waals surface area contributed by atoms with Crippen LogP contribution in [-0.4, -0.2) is 19.4 Å². The van der Waals surface area contributed by atoms with Crippen LogP contribution in [0.15, 0.2) is 0 Å². The molecule has 0 heterocycles. The first-order valence-electron chi connectivity index (χ1n) is 6.64. The fraction of sp³-hybridized carbons (Fsp3) is 0.909. The summed E-state index contributed by atoms with van der Waals surface area (Å²) in [7, 11) is -6.00. The molecule has 0 amide bonds. The van der Waals surface area contributed by atoms with Gasteiger partial charge in [0, 0.05) is 0 Å². The molecular formula is C11H19BF4N2O. The van der Waals surface area contributed by atoms with E-state index < -0.39 is 7.25 Å². The fourth-order valence-electron chi connectivity index (χ4n) is 4.22. The third kappa shape index (κ3) is 4.01. The summed E-state index contributed by atoms with van der Waals surface area (Å²) < 4.78 is 44.6. The van der Waals surface area contributed by atoms with Crippen LogP contribution in [0.5, 0.6) is 0 Å². The zero-order valence-electron chi connectivity index (χ0n) is 10.6. The first-order valence-corrected chi connectivity index (χ1v) is 6.64. The predicted octanol–water partition coefficient (Wildman–Crippen LogP) is 1.20. The molecule has 0 radical (unpaired) electrons. The first kappa shape index (κ1) is 14.5. The van der Waals surface area contributed by atoms with Crippen molar-refractivity contribution < 1.29 is 27.4 Å². The van der Waals surface area contributed by atoms with E-state index in [2.05, 4.69) is 0 Å².